The maximum atomic E-state index is 15.6. The molecular formula is C46H44FN9O8S. The third-order valence-electron chi connectivity index (χ3n) is 11.4. The molecular weight excluding hydrogens is 858 g/mol. The van der Waals surface area contributed by atoms with E-state index in [9.17, 15) is 37.2 Å². The van der Waals surface area contributed by atoms with Gasteiger partial charge in [0.1, 0.15) is 17.7 Å². The second-order valence-electron chi connectivity index (χ2n) is 15.8. The SMILES string of the molecule is Nc1ncc(-c2ccc(S(=O)(=O)Nc3cccc(NC(=O)CNCCCCC(=O)Nc4cccc5c4CN(C4CCC(=O)NC4=O)C5=O)c3)cc2F)cc1-c1ccc2c(c1)CCNC2=O. The van der Waals surface area contributed by atoms with Gasteiger partial charge in [0.2, 0.25) is 23.6 Å². The van der Waals surface area contributed by atoms with Gasteiger partial charge in [0.05, 0.1) is 17.1 Å². The standard InChI is InChI=1S/C46H44FN9O8S/c47-37-22-31(11-13-32(37)28-20-35(43(48)51-23-28)26-10-12-33-27(19-26)16-18-50-44(33)60)65(63,64)55-30-6-3-5-29(21-30)52-42(59)24-49-17-2-1-9-40(57)53-38-8-4-7-34-36(38)25-56(46(34)62)39-14-15-41(58)54-45(39)61/h3-8,10-13,19-23,39,49,55H,1-2,9,14-18,24-25H2,(H2,48,51)(H,50,60)(H,52,59)(H,53,57)(H,54,58,61). The van der Waals surface area contributed by atoms with Crippen molar-refractivity contribution in [1.29, 1.82) is 0 Å². The third kappa shape index (κ3) is 9.85. The molecule has 1 saturated heterocycles. The van der Waals surface area contributed by atoms with Gasteiger partial charge in [-0.1, -0.05) is 30.3 Å². The number of amides is 6. The Morgan fingerprint density at radius 1 is 0.831 bits per heavy atom. The number of aromatic nitrogens is 1. The summed E-state index contributed by atoms with van der Waals surface area (Å²) < 4.78 is 44.8. The smallest absolute Gasteiger partial charge is 0.261 e. The zero-order valence-electron chi connectivity index (χ0n) is 34.8. The molecule has 6 amide bonds. The topological polar surface area (TPSA) is 251 Å². The maximum absolute atomic E-state index is 15.6. The molecule has 0 bridgehead atoms. The van der Waals surface area contributed by atoms with Crippen molar-refractivity contribution < 1.29 is 41.6 Å². The minimum Gasteiger partial charge on any atom is -0.383 e. The maximum Gasteiger partial charge on any atom is 0.261 e. The molecule has 17 nitrogen and oxygen atoms in total. The number of nitrogen functional groups attached to an aromatic ring is 1. The molecule has 1 fully saturated rings. The number of rotatable bonds is 15. The predicted molar refractivity (Wildman–Crippen MR) is 239 cm³/mol. The number of unbranched alkanes of at least 4 members (excludes halogenated alkanes) is 1. The average molecular weight is 902 g/mol. The summed E-state index contributed by atoms with van der Waals surface area (Å²) in [6.07, 6.45) is 3.68. The molecule has 1 aromatic heterocycles. The first kappa shape index (κ1) is 44.1. The van der Waals surface area contributed by atoms with Gasteiger partial charge in [0.15, 0.2) is 0 Å². The Hall–Kier alpha value is -7.51. The molecule has 0 aliphatic carbocycles. The van der Waals surface area contributed by atoms with Crippen LogP contribution >= 0.6 is 0 Å². The molecule has 19 heteroatoms. The lowest BCUT2D eigenvalue weighted by atomic mass is 9.94. The van der Waals surface area contributed by atoms with Gasteiger partial charge in [0, 0.05) is 76.9 Å². The zero-order chi connectivity index (χ0) is 45.8. The van der Waals surface area contributed by atoms with Crippen molar-refractivity contribution in [3.63, 3.8) is 0 Å². The molecule has 0 radical (unpaired) electrons. The number of halogens is 1. The highest BCUT2D eigenvalue weighted by Gasteiger charge is 2.40. The molecule has 0 spiro atoms. The summed E-state index contributed by atoms with van der Waals surface area (Å²) in [5.74, 6) is -2.62. The Bertz CT molecular complexity index is 2890. The van der Waals surface area contributed by atoms with Crippen LogP contribution < -0.4 is 37.0 Å². The number of hydrogen-bond acceptors (Lipinski definition) is 11. The Balaban J connectivity index is 0.792. The molecule has 0 saturated carbocycles. The van der Waals surface area contributed by atoms with Crippen LogP contribution in [-0.4, -0.2) is 79.4 Å². The van der Waals surface area contributed by atoms with E-state index in [0.717, 1.165) is 11.6 Å². The number of pyridine rings is 1. The Labute approximate surface area is 372 Å². The van der Waals surface area contributed by atoms with Crippen LogP contribution in [0.5, 0.6) is 0 Å². The number of anilines is 4. The van der Waals surface area contributed by atoms with Crippen LogP contribution in [0, 0.1) is 5.82 Å². The minimum absolute atomic E-state index is 0.0569. The van der Waals surface area contributed by atoms with Gasteiger partial charge in [-0.25, -0.2) is 17.8 Å². The Morgan fingerprint density at radius 2 is 1.63 bits per heavy atom. The van der Waals surface area contributed by atoms with E-state index in [2.05, 4.69) is 36.3 Å². The van der Waals surface area contributed by atoms with Crippen LogP contribution in [0.2, 0.25) is 0 Å². The number of imide groups is 1. The number of hydrogen-bond donors (Lipinski definition) is 7. The van der Waals surface area contributed by atoms with Gasteiger partial charge in [-0.15, -0.1) is 0 Å². The highest BCUT2D eigenvalue weighted by molar-refractivity contribution is 7.92. The van der Waals surface area contributed by atoms with Gasteiger partial charge in [-0.3, -0.25) is 38.8 Å². The van der Waals surface area contributed by atoms with Gasteiger partial charge in [0.25, 0.3) is 21.8 Å². The summed E-state index contributed by atoms with van der Waals surface area (Å²) in [6.45, 7) is 1.02. The van der Waals surface area contributed by atoms with Crippen molar-refractivity contribution in [2.75, 3.05) is 40.7 Å². The number of benzene rings is 4. The van der Waals surface area contributed by atoms with E-state index in [-0.39, 0.29) is 77.9 Å². The molecule has 3 aliphatic heterocycles. The molecule has 8 N–H and O–H groups in total. The fraction of sp³-hybridized carbons (Fsp3) is 0.239. The molecule has 3 aliphatic rings. The van der Waals surface area contributed by atoms with Crippen LogP contribution in [-0.2, 0) is 42.2 Å². The molecule has 1 atom stereocenters. The van der Waals surface area contributed by atoms with E-state index < -0.39 is 33.7 Å². The fourth-order valence-corrected chi connectivity index (χ4v) is 9.14. The molecule has 4 aromatic carbocycles. The number of nitrogens with zero attached hydrogens (tertiary/aromatic N) is 2. The largest absolute Gasteiger partial charge is 0.383 e. The molecule has 334 valence electrons. The zero-order valence-corrected chi connectivity index (χ0v) is 35.6. The van der Waals surface area contributed by atoms with E-state index in [4.69, 9.17) is 5.73 Å². The number of carbonyl (C=O) groups is 6. The lowest BCUT2D eigenvalue weighted by Gasteiger charge is -2.29. The number of nitrogens with one attached hydrogen (secondary N) is 6. The molecule has 5 aromatic rings. The van der Waals surface area contributed by atoms with Crippen molar-refractivity contribution in [1.82, 2.24) is 25.8 Å². The number of fused-ring (bicyclic) bond motifs is 2. The van der Waals surface area contributed by atoms with Crippen LogP contribution in [0.3, 0.4) is 0 Å². The van der Waals surface area contributed by atoms with Gasteiger partial charge in [-0.2, -0.15) is 0 Å². The van der Waals surface area contributed by atoms with Crippen molar-refractivity contribution in [2.45, 2.75) is 56.0 Å². The van der Waals surface area contributed by atoms with Gasteiger partial charge >= 0.3 is 0 Å². The van der Waals surface area contributed by atoms with Gasteiger partial charge < -0.3 is 31.9 Å². The van der Waals surface area contributed by atoms with E-state index >= 15 is 4.39 Å². The first-order valence-corrected chi connectivity index (χ1v) is 22.4. The third-order valence-corrected chi connectivity index (χ3v) is 12.7. The van der Waals surface area contributed by atoms with Crippen molar-refractivity contribution in [3.8, 4) is 22.3 Å². The van der Waals surface area contributed by atoms with Crippen molar-refractivity contribution in [3.05, 3.63) is 119 Å². The van der Waals surface area contributed by atoms with Crippen LogP contribution in [0.25, 0.3) is 22.3 Å². The second kappa shape index (κ2) is 18.7. The normalized spacial score (nSPS) is 15.7. The van der Waals surface area contributed by atoms with E-state index in [1.165, 1.54) is 35.4 Å². The summed E-state index contributed by atoms with van der Waals surface area (Å²) in [5, 5.41) is 13.7. The van der Waals surface area contributed by atoms with Gasteiger partial charge in [-0.05, 0) is 98.0 Å². The average Bonchev–Trinajstić information content (AvgIpc) is 3.61. The number of sulfonamides is 1. The summed E-state index contributed by atoms with van der Waals surface area (Å²) in [6, 6.07) is 20.8. The van der Waals surface area contributed by atoms with E-state index in [0.29, 0.717) is 77.1 Å². The van der Waals surface area contributed by atoms with Crippen LogP contribution in [0.4, 0.5) is 27.3 Å². The monoisotopic (exact) mass is 901 g/mol. The predicted octanol–water partition coefficient (Wildman–Crippen LogP) is 4.32. The number of carbonyl (C=O) groups excluding carboxylic acids is 6. The second-order valence-corrected chi connectivity index (χ2v) is 17.5. The fourth-order valence-electron chi connectivity index (χ4n) is 8.08. The summed E-state index contributed by atoms with van der Waals surface area (Å²) in [4.78, 5) is 80.2. The first-order chi connectivity index (χ1) is 31.2. The summed E-state index contributed by atoms with van der Waals surface area (Å²) in [5.41, 5.74) is 11.3. The first-order valence-electron chi connectivity index (χ1n) is 20.9. The van der Waals surface area contributed by atoms with Crippen LogP contribution in [0.15, 0.2) is 96.0 Å². The summed E-state index contributed by atoms with van der Waals surface area (Å²) >= 11 is 0. The Morgan fingerprint density at radius 3 is 2.45 bits per heavy atom. The lowest BCUT2D eigenvalue weighted by Crippen LogP contribution is -2.52. The highest BCUT2D eigenvalue weighted by Crippen LogP contribution is 2.35. The quantitative estimate of drug-likeness (QED) is 0.0576. The van der Waals surface area contributed by atoms with Crippen LogP contribution in [0.1, 0.15) is 63.9 Å². The summed E-state index contributed by atoms with van der Waals surface area (Å²) in [7, 11) is -4.26. The Kier molecular flexibility index (Phi) is 12.7. The number of nitrogens with two attached hydrogens (primary N) is 1. The molecule has 4 heterocycles. The van der Waals surface area contributed by atoms with E-state index in [1.807, 2.05) is 6.07 Å². The number of piperidine rings is 1. The van der Waals surface area contributed by atoms with Crippen molar-refractivity contribution >= 4 is 68.3 Å². The molecule has 1 unspecified atom stereocenters. The highest BCUT2D eigenvalue weighted by atomic mass is 32.2. The lowest BCUT2D eigenvalue weighted by molar-refractivity contribution is -0.137. The molecule has 65 heavy (non-hydrogen) atoms. The van der Waals surface area contributed by atoms with E-state index in [1.54, 1.807) is 48.5 Å². The minimum atomic E-state index is -4.26. The van der Waals surface area contributed by atoms with Crippen molar-refractivity contribution in [2.24, 2.45) is 0 Å². The molecule has 8 rings (SSSR count).